The fourth-order valence-electron chi connectivity index (χ4n) is 1.18. The Labute approximate surface area is 86.1 Å². The van der Waals surface area contributed by atoms with Crippen LogP contribution in [0.15, 0.2) is 18.5 Å². The van der Waals surface area contributed by atoms with Gasteiger partial charge in [0.1, 0.15) is 23.3 Å². The maximum Gasteiger partial charge on any atom is 0.131 e. The van der Waals surface area contributed by atoms with Gasteiger partial charge in [-0.3, -0.25) is 0 Å². The van der Waals surface area contributed by atoms with Crippen molar-refractivity contribution >= 4 is 17.4 Å². The number of hydrogen-bond acceptors (Lipinski definition) is 3. The smallest absolute Gasteiger partial charge is 0.131 e. The summed E-state index contributed by atoms with van der Waals surface area (Å²) in [5.41, 5.74) is 5.68. The molecule has 0 aromatic carbocycles. The van der Waals surface area contributed by atoms with Crippen LogP contribution in [0.25, 0.3) is 0 Å². The first-order valence-corrected chi connectivity index (χ1v) is 4.49. The van der Waals surface area contributed by atoms with Crippen molar-refractivity contribution in [3.63, 3.8) is 0 Å². The van der Waals surface area contributed by atoms with Crippen LogP contribution in [0, 0.1) is 0 Å². The summed E-state index contributed by atoms with van der Waals surface area (Å²) in [7, 11) is 1.85. The van der Waals surface area contributed by atoms with Crippen molar-refractivity contribution < 1.29 is 0 Å². The number of nitrogens with two attached hydrogens (primary N) is 1. The molecule has 0 unspecified atom stereocenters. The van der Waals surface area contributed by atoms with Gasteiger partial charge in [0.2, 0.25) is 0 Å². The minimum absolute atomic E-state index is 0.530. The zero-order chi connectivity index (χ0) is 10.1. The Balaban J connectivity index is 2.27. The topological polar surface area (TPSA) is 61.7 Å². The quantitative estimate of drug-likeness (QED) is 0.803. The summed E-state index contributed by atoms with van der Waals surface area (Å²) in [4.78, 5) is 4.15. The molecule has 2 heterocycles. The monoisotopic (exact) mass is 211 g/mol. The van der Waals surface area contributed by atoms with Crippen LogP contribution >= 0.6 is 11.6 Å². The van der Waals surface area contributed by atoms with Crippen LogP contribution in [0.5, 0.6) is 0 Å². The molecule has 0 aliphatic carbocycles. The molecule has 74 valence electrons. The van der Waals surface area contributed by atoms with Crippen molar-refractivity contribution in [1.29, 1.82) is 0 Å². The van der Waals surface area contributed by atoms with Gasteiger partial charge in [-0.2, -0.15) is 5.10 Å². The second-order valence-electron chi connectivity index (χ2n) is 2.97. The van der Waals surface area contributed by atoms with Crippen LogP contribution in [0.2, 0.25) is 5.15 Å². The molecular weight excluding hydrogens is 202 g/mol. The van der Waals surface area contributed by atoms with Gasteiger partial charge in [0.15, 0.2) is 0 Å². The molecule has 2 aromatic heterocycles. The second kappa shape index (κ2) is 3.34. The highest BCUT2D eigenvalue weighted by Gasteiger charge is 2.06. The standard InChI is InChI=1S/C8H10ClN5/c1-13-6(9)4-11-8(13)5-14-7(10)2-3-12-14/h2-4H,5,10H2,1H3. The predicted molar refractivity (Wildman–Crippen MR) is 54.0 cm³/mol. The first-order valence-electron chi connectivity index (χ1n) is 4.12. The van der Waals surface area contributed by atoms with E-state index in [0.29, 0.717) is 17.5 Å². The SMILES string of the molecule is Cn1c(Cl)cnc1Cn1nccc1N. The Morgan fingerprint density at radius 3 is 2.86 bits per heavy atom. The van der Waals surface area contributed by atoms with Crippen molar-refractivity contribution in [2.24, 2.45) is 7.05 Å². The molecule has 0 amide bonds. The molecule has 0 bridgehead atoms. The maximum atomic E-state index is 5.85. The zero-order valence-electron chi connectivity index (χ0n) is 7.68. The van der Waals surface area contributed by atoms with Gasteiger partial charge in [-0.15, -0.1) is 0 Å². The Hall–Kier alpha value is -1.49. The molecule has 2 N–H and O–H groups in total. The molecule has 0 aliphatic rings. The number of aromatic nitrogens is 4. The Morgan fingerprint density at radius 2 is 2.36 bits per heavy atom. The highest BCUT2D eigenvalue weighted by molar-refractivity contribution is 6.29. The van der Waals surface area contributed by atoms with E-state index >= 15 is 0 Å². The maximum absolute atomic E-state index is 5.85. The molecule has 0 saturated carbocycles. The summed E-state index contributed by atoms with van der Waals surface area (Å²) in [5, 5.41) is 4.66. The van der Waals surface area contributed by atoms with Gasteiger partial charge in [-0.1, -0.05) is 11.6 Å². The summed E-state index contributed by atoms with van der Waals surface area (Å²) in [6.45, 7) is 0.530. The van der Waals surface area contributed by atoms with E-state index in [4.69, 9.17) is 17.3 Å². The molecular formula is C8H10ClN5. The molecule has 5 nitrogen and oxygen atoms in total. The number of nitrogens with zero attached hydrogens (tertiary/aromatic N) is 4. The van der Waals surface area contributed by atoms with E-state index in [1.165, 1.54) is 0 Å². The number of rotatable bonds is 2. The molecule has 0 aliphatic heterocycles. The predicted octanol–water partition coefficient (Wildman–Crippen LogP) is 0.900. The van der Waals surface area contributed by atoms with E-state index in [9.17, 15) is 0 Å². The Morgan fingerprint density at radius 1 is 1.57 bits per heavy atom. The third-order valence-corrected chi connectivity index (χ3v) is 2.42. The van der Waals surface area contributed by atoms with Crippen molar-refractivity contribution in [2.75, 3.05) is 5.73 Å². The van der Waals surface area contributed by atoms with Crippen molar-refractivity contribution in [3.8, 4) is 0 Å². The third-order valence-electron chi connectivity index (χ3n) is 2.07. The number of anilines is 1. The van der Waals surface area contributed by atoms with E-state index in [1.807, 2.05) is 7.05 Å². The van der Waals surface area contributed by atoms with Crippen molar-refractivity contribution in [2.45, 2.75) is 6.54 Å². The summed E-state index contributed by atoms with van der Waals surface area (Å²) >= 11 is 5.85. The summed E-state index contributed by atoms with van der Waals surface area (Å²) in [5.74, 6) is 1.44. The molecule has 0 fully saturated rings. The molecule has 2 rings (SSSR count). The molecule has 0 saturated heterocycles. The van der Waals surface area contributed by atoms with E-state index in [1.54, 1.807) is 27.7 Å². The van der Waals surface area contributed by atoms with E-state index < -0.39 is 0 Å². The molecule has 14 heavy (non-hydrogen) atoms. The van der Waals surface area contributed by atoms with Crippen LogP contribution in [-0.2, 0) is 13.6 Å². The Bertz CT molecular complexity index is 444. The van der Waals surface area contributed by atoms with E-state index in [-0.39, 0.29) is 0 Å². The van der Waals surface area contributed by atoms with Gasteiger partial charge in [-0.25, -0.2) is 9.67 Å². The average molecular weight is 212 g/mol. The van der Waals surface area contributed by atoms with Gasteiger partial charge < -0.3 is 10.3 Å². The molecule has 2 aromatic rings. The first kappa shape index (κ1) is 9.08. The van der Waals surface area contributed by atoms with Crippen LogP contribution in [0.4, 0.5) is 5.82 Å². The average Bonchev–Trinajstić information content (AvgIpc) is 2.68. The van der Waals surface area contributed by atoms with Gasteiger partial charge in [0, 0.05) is 7.05 Å². The van der Waals surface area contributed by atoms with Crippen LogP contribution in [0.1, 0.15) is 5.82 Å². The van der Waals surface area contributed by atoms with E-state index in [0.717, 1.165) is 5.82 Å². The Kier molecular flexibility index (Phi) is 2.17. The fraction of sp³-hybridized carbons (Fsp3) is 0.250. The van der Waals surface area contributed by atoms with Gasteiger partial charge >= 0.3 is 0 Å². The number of nitrogen functional groups attached to an aromatic ring is 1. The lowest BCUT2D eigenvalue weighted by atomic mass is 10.5. The van der Waals surface area contributed by atoms with Crippen LogP contribution in [0.3, 0.4) is 0 Å². The third kappa shape index (κ3) is 1.46. The fourth-order valence-corrected chi connectivity index (χ4v) is 1.33. The summed E-state index contributed by atoms with van der Waals surface area (Å²) in [6, 6.07) is 1.74. The largest absolute Gasteiger partial charge is 0.384 e. The van der Waals surface area contributed by atoms with Crippen molar-refractivity contribution in [1.82, 2.24) is 19.3 Å². The number of halogens is 1. The minimum atomic E-state index is 0.530. The second-order valence-corrected chi connectivity index (χ2v) is 3.36. The van der Waals surface area contributed by atoms with Crippen molar-refractivity contribution in [3.05, 3.63) is 29.4 Å². The van der Waals surface area contributed by atoms with E-state index in [2.05, 4.69) is 10.1 Å². The van der Waals surface area contributed by atoms with Gasteiger partial charge in [-0.05, 0) is 6.07 Å². The lowest BCUT2D eigenvalue weighted by Gasteiger charge is -2.04. The summed E-state index contributed by atoms with van der Waals surface area (Å²) in [6.07, 6.45) is 3.26. The van der Waals surface area contributed by atoms with Crippen LogP contribution in [-0.4, -0.2) is 19.3 Å². The normalized spacial score (nSPS) is 10.7. The lowest BCUT2D eigenvalue weighted by molar-refractivity contribution is 0.640. The molecule has 0 radical (unpaired) electrons. The zero-order valence-corrected chi connectivity index (χ0v) is 8.44. The highest BCUT2D eigenvalue weighted by atomic mass is 35.5. The molecule has 6 heteroatoms. The summed E-state index contributed by atoms with van der Waals surface area (Å²) < 4.78 is 3.46. The molecule has 0 atom stereocenters. The first-order chi connectivity index (χ1) is 6.68. The number of hydrogen-bond donors (Lipinski definition) is 1. The van der Waals surface area contributed by atoms with Crippen LogP contribution < -0.4 is 5.73 Å². The lowest BCUT2D eigenvalue weighted by Crippen LogP contribution is -2.09. The van der Waals surface area contributed by atoms with Gasteiger partial charge in [0.05, 0.1) is 12.4 Å². The molecule has 0 spiro atoms. The highest BCUT2D eigenvalue weighted by Crippen LogP contribution is 2.11. The van der Waals surface area contributed by atoms with Gasteiger partial charge in [0.25, 0.3) is 0 Å². The number of imidazole rings is 1. The minimum Gasteiger partial charge on any atom is -0.384 e.